The summed E-state index contributed by atoms with van der Waals surface area (Å²) < 4.78 is 28.3. The number of carbonyl (C=O) groups is 4. The number of aliphatic hydroxyl groups excluding tert-OH is 2. The Bertz CT molecular complexity index is 1300. The molecule has 0 aliphatic carbocycles. The van der Waals surface area contributed by atoms with Gasteiger partial charge in [-0.15, -0.1) is 0 Å². The highest BCUT2D eigenvalue weighted by atomic mass is 16.7. The molecule has 6 unspecified atom stereocenters. The molecule has 0 radical (unpaired) electrons. The number of carboxylic acids is 1. The van der Waals surface area contributed by atoms with Crippen LogP contribution in [0.5, 0.6) is 0 Å². The number of hydrogen-bond donors (Lipinski definition) is 3. The van der Waals surface area contributed by atoms with Crippen LogP contribution in [-0.4, -0.2) is 89.2 Å². The number of esters is 3. The molecule has 1 saturated heterocycles. The maximum Gasteiger partial charge on any atom is 0.335 e. The van der Waals surface area contributed by atoms with E-state index in [1.165, 1.54) is 103 Å². The standard InChI is InChI=1S/C57H102O12/c1-4-7-10-13-16-19-22-24-25-27-29-31-34-37-40-43-49(58)65-46-48(67-50(59)44-41-38-35-32-28-21-18-15-12-9-6-3)47-66-57-55(53(62)52(61)54(69-57)56(63)64)68-51(60)45-42-39-36-33-30-26-23-20-17-14-11-8-5-2/h15,18,24-25,48,52-55,57,61-62H,4-14,16-17,19-23,26-47H2,1-3H3,(H,63,64)/b18-15-,25-24-. The summed E-state index contributed by atoms with van der Waals surface area (Å²) >= 11 is 0. The Hall–Kier alpha value is -2.80. The summed E-state index contributed by atoms with van der Waals surface area (Å²) in [6.45, 7) is 5.93. The van der Waals surface area contributed by atoms with Gasteiger partial charge in [-0.25, -0.2) is 4.79 Å². The van der Waals surface area contributed by atoms with Crippen molar-refractivity contribution in [2.45, 2.75) is 302 Å². The molecule has 0 amide bonds. The van der Waals surface area contributed by atoms with Crippen LogP contribution in [0.3, 0.4) is 0 Å². The third-order valence-electron chi connectivity index (χ3n) is 13.0. The van der Waals surface area contributed by atoms with Gasteiger partial charge in [0.1, 0.15) is 18.8 Å². The molecule has 0 aromatic carbocycles. The van der Waals surface area contributed by atoms with E-state index in [-0.39, 0.29) is 25.9 Å². The van der Waals surface area contributed by atoms with E-state index in [2.05, 4.69) is 45.1 Å². The lowest BCUT2D eigenvalue weighted by Crippen LogP contribution is -2.61. The number of ether oxygens (including phenoxy) is 5. The van der Waals surface area contributed by atoms with E-state index in [0.29, 0.717) is 19.3 Å². The minimum Gasteiger partial charge on any atom is -0.479 e. The summed E-state index contributed by atoms with van der Waals surface area (Å²) in [5.74, 6) is -3.12. The van der Waals surface area contributed by atoms with E-state index in [1.54, 1.807) is 0 Å². The molecule has 0 spiro atoms. The van der Waals surface area contributed by atoms with E-state index in [9.17, 15) is 34.5 Å². The molecule has 0 bridgehead atoms. The molecule has 1 aliphatic heterocycles. The normalized spacial score (nSPS) is 18.8. The van der Waals surface area contributed by atoms with E-state index in [0.717, 1.165) is 103 Å². The van der Waals surface area contributed by atoms with E-state index >= 15 is 0 Å². The van der Waals surface area contributed by atoms with Crippen molar-refractivity contribution in [2.75, 3.05) is 13.2 Å². The highest BCUT2D eigenvalue weighted by Gasteiger charge is 2.50. The Kier molecular flexibility index (Phi) is 43.1. The fourth-order valence-corrected chi connectivity index (χ4v) is 8.58. The highest BCUT2D eigenvalue weighted by molar-refractivity contribution is 5.74. The number of aliphatic carboxylic acids is 1. The average molecular weight is 979 g/mol. The predicted octanol–water partition coefficient (Wildman–Crippen LogP) is 13.9. The Balaban J connectivity index is 2.70. The molecule has 12 nitrogen and oxygen atoms in total. The lowest BCUT2D eigenvalue weighted by Gasteiger charge is -2.40. The first-order chi connectivity index (χ1) is 33.6. The predicted molar refractivity (Wildman–Crippen MR) is 276 cm³/mol. The van der Waals surface area contributed by atoms with Crippen LogP contribution >= 0.6 is 0 Å². The third kappa shape index (κ3) is 36.7. The molecule has 1 heterocycles. The summed E-state index contributed by atoms with van der Waals surface area (Å²) in [5, 5.41) is 31.4. The molecule has 0 aromatic rings. The second kappa shape index (κ2) is 46.3. The van der Waals surface area contributed by atoms with Gasteiger partial charge in [0.05, 0.1) is 6.61 Å². The maximum atomic E-state index is 13.1. The average Bonchev–Trinajstić information content (AvgIpc) is 3.33. The third-order valence-corrected chi connectivity index (χ3v) is 13.0. The zero-order valence-electron chi connectivity index (χ0n) is 44.1. The monoisotopic (exact) mass is 979 g/mol. The maximum absolute atomic E-state index is 13.1. The minimum absolute atomic E-state index is 0.0646. The molecule has 69 heavy (non-hydrogen) atoms. The smallest absolute Gasteiger partial charge is 0.335 e. The van der Waals surface area contributed by atoms with E-state index < -0.39 is 67.3 Å². The second-order valence-electron chi connectivity index (χ2n) is 19.6. The SMILES string of the molecule is CCCC/C=C\CCCCCCCC(=O)OC(COC(=O)CCCCCCC/C=C\CCCCCCCC)COC1OC(C(=O)O)C(O)C(O)C1OC(=O)CCCCCCCCCCCCCCC. The van der Waals surface area contributed by atoms with Crippen molar-refractivity contribution in [3.8, 4) is 0 Å². The Morgan fingerprint density at radius 1 is 0.464 bits per heavy atom. The van der Waals surface area contributed by atoms with Gasteiger partial charge in [0.25, 0.3) is 0 Å². The zero-order chi connectivity index (χ0) is 50.4. The Labute approximate surface area is 419 Å². The van der Waals surface area contributed by atoms with Gasteiger partial charge in [-0.1, -0.05) is 206 Å². The summed E-state index contributed by atoms with van der Waals surface area (Å²) in [5.41, 5.74) is 0. The van der Waals surface area contributed by atoms with Gasteiger partial charge in [0, 0.05) is 19.3 Å². The van der Waals surface area contributed by atoms with Crippen LogP contribution in [0, 0.1) is 0 Å². The van der Waals surface area contributed by atoms with Crippen LogP contribution < -0.4 is 0 Å². The van der Waals surface area contributed by atoms with Gasteiger partial charge >= 0.3 is 23.9 Å². The van der Waals surface area contributed by atoms with Crippen LogP contribution in [0.4, 0.5) is 0 Å². The topological polar surface area (TPSA) is 175 Å². The Morgan fingerprint density at radius 2 is 0.841 bits per heavy atom. The quantitative estimate of drug-likeness (QED) is 0.0228. The largest absolute Gasteiger partial charge is 0.479 e. The lowest BCUT2D eigenvalue weighted by atomic mass is 9.98. The molecular weight excluding hydrogens is 877 g/mol. The summed E-state index contributed by atoms with van der Waals surface area (Å²) in [6.07, 6.45) is 38.7. The van der Waals surface area contributed by atoms with Crippen molar-refractivity contribution in [3.05, 3.63) is 24.3 Å². The summed E-state index contributed by atoms with van der Waals surface area (Å²) in [4.78, 5) is 50.9. The van der Waals surface area contributed by atoms with Crippen molar-refractivity contribution < 1.29 is 58.2 Å². The van der Waals surface area contributed by atoms with Crippen LogP contribution in [-0.2, 0) is 42.9 Å². The number of carboxylic acid groups (broad SMARTS) is 1. The molecule has 12 heteroatoms. The highest BCUT2D eigenvalue weighted by Crippen LogP contribution is 2.26. The molecule has 1 fully saturated rings. The van der Waals surface area contributed by atoms with Gasteiger partial charge in [-0.3, -0.25) is 14.4 Å². The molecule has 0 aromatic heterocycles. The van der Waals surface area contributed by atoms with Crippen molar-refractivity contribution >= 4 is 23.9 Å². The molecule has 3 N–H and O–H groups in total. The van der Waals surface area contributed by atoms with Gasteiger partial charge in [0.15, 0.2) is 24.6 Å². The van der Waals surface area contributed by atoms with Crippen molar-refractivity contribution in [1.29, 1.82) is 0 Å². The Morgan fingerprint density at radius 3 is 1.28 bits per heavy atom. The molecule has 402 valence electrons. The lowest BCUT2D eigenvalue weighted by molar-refractivity contribution is -0.301. The molecule has 6 atom stereocenters. The molecule has 1 rings (SSSR count). The van der Waals surface area contributed by atoms with Gasteiger partial charge < -0.3 is 39.0 Å². The number of carbonyl (C=O) groups excluding carboxylic acids is 3. The number of allylic oxidation sites excluding steroid dienone is 4. The first-order valence-electron chi connectivity index (χ1n) is 28.3. The van der Waals surface area contributed by atoms with E-state index in [4.69, 9.17) is 23.7 Å². The van der Waals surface area contributed by atoms with Crippen molar-refractivity contribution in [1.82, 2.24) is 0 Å². The summed E-state index contributed by atoms with van der Waals surface area (Å²) in [7, 11) is 0. The number of aliphatic hydroxyl groups is 2. The second-order valence-corrected chi connectivity index (χ2v) is 19.6. The van der Waals surface area contributed by atoms with Gasteiger partial charge in [0.2, 0.25) is 0 Å². The van der Waals surface area contributed by atoms with Crippen LogP contribution in [0.2, 0.25) is 0 Å². The van der Waals surface area contributed by atoms with Crippen molar-refractivity contribution in [3.63, 3.8) is 0 Å². The van der Waals surface area contributed by atoms with E-state index in [1.807, 2.05) is 0 Å². The van der Waals surface area contributed by atoms with Crippen molar-refractivity contribution in [2.24, 2.45) is 0 Å². The fourth-order valence-electron chi connectivity index (χ4n) is 8.58. The van der Waals surface area contributed by atoms with Crippen LogP contribution in [0.15, 0.2) is 24.3 Å². The molecular formula is C57H102O12. The van der Waals surface area contributed by atoms with Gasteiger partial charge in [-0.05, 0) is 64.2 Å². The van der Waals surface area contributed by atoms with Crippen LogP contribution in [0.25, 0.3) is 0 Å². The number of unbranched alkanes of at least 4 members (excludes halogenated alkanes) is 30. The number of hydrogen-bond acceptors (Lipinski definition) is 11. The summed E-state index contributed by atoms with van der Waals surface area (Å²) in [6, 6.07) is 0. The first-order valence-corrected chi connectivity index (χ1v) is 28.3. The number of rotatable bonds is 48. The fraction of sp³-hybridized carbons (Fsp3) is 0.860. The molecule has 0 saturated carbocycles. The minimum atomic E-state index is -1.90. The van der Waals surface area contributed by atoms with Crippen LogP contribution in [0.1, 0.15) is 265 Å². The van der Waals surface area contributed by atoms with Gasteiger partial charge in [-0.2, -0.15) is 0 Å². The first kappa shape index (κ1) is 64.2. The zero-order valence-corrected chi connectivity index (χ0v) is 44.1. The molecule has 1 aliphatic rings.